The van der Waals surface area contributed by atoms with Crippen molar-refractivity contribution < 1.29 is 19.7 Å². The zero-order valence-electron chi connectivity index (χ0n) is 21.3. The van der Waals surface area contributed by atoms with Gasteiger partial charge in [-0.2, -0.15) is 0 Å². The third kappa shape index (κ3) is 7.35. The third-order valence-electron chi connectivity index (χ3n) is 6.81. The van der Waals surface area contributed by atoms with E-state index in [9.17, 15) is 9.90 Å². The fourth-order valence-electron chi connectivity index (χ4n) is 4.68. The average Bonchev–Trinajstić information content (AvgIpc) is 2.82. The number of hydrogen-bond acceptors (Lipinski definition) is 7. The second-order valence-electron chi connectivity index (χ2n) is 9.99. The van der Waals surface area contributed by atoms with Crippen LogP contribution >= 0.6 is 11.6 Å². The number of aliphatic hydroxyl groups is 2. The zero-order valence-corrected chi connectivity index (χ0v) is 22.0. The van der Waals surface area contributed by atoms with Crippen LogP contribution in [0.25, 0.3) is 0 Å². The Morgan fingerprint density at radius 3 is 2.54 bits per heavy atom. The number of carbonyl (C=O) groups is 1. The first-order valence-electron chi connectivity index (χ1n) is 12.1. The van der Waals surface area contributed by atoms with Gasteiger partial charge < -0.3 is 19.8 Å². The number of halogens is 1. The maximum absolute atomic E-state index is 12.0. The highest BCUT2D eigenvalue weighted by atomic mass is 35.5. The van der Waals surface area contributed by atoms with Crippen LogP contribution in [-0.4, -0.2) is 102 Å². The maximum Gasteiger partial charge on any atom is 0.212 e. The van der Waals surface area contributed by atoms with Gasteiger partial charge in [-0.1, -0.05) is 24.3 Å². The first-order valence-corrected chi connectivity index (χ1v) is 12.5. The molecule has 9 heteroatoms. The number of benzene rings is 1. The van der Waals surface area contributed by atoms with Crippen LogP contribution in [0.3, 0.4) is 0 Å². The smallest absolute Gasteiger partial charge is 0.212 e. The number of β-amino-alcohol motifs (C(OH)–C–C–N with tert-alkyl or cyclic N) is 2. The molecule has 0 bridgehead atoms. The van der Waals surface area contributed by atoms with Gasteiger partial charge in [-0.15, -0.1) is 11.6 Å². The molecular weight excluding hydrogens is 468 g/mol. The fourth-order valence-corrected chi connectivity index (χ4v) is 4.80. The number of aliphatic imine (C=N–C) groups is 1. The van der Waals surface area contributed by atoms with E-state index in [-0.39, 0.29) is 6.61 Å². The number of amides is 1. The molecule has 0 aliphatic carbocycles. The van der Waals surface area contributed by atoms with E-state index in [1.165, 1.54) is 0 Å². The molecule has 2 heterocycles. The van der Waals surface area contributed by atoms with Gasteiger partial charge in [-0.3, -0.25) is 19.6 Å². The van der Waals surface area contributed by atoms with Crippen LogP contribution < -0.4 is 0 Å². The molecule has 1 aromatic rings. The lowest BCUT2D eigenvalue weighted by molar-refractivity contribution is -0.129. The molecule has 3 rings (SSSR count). The number of piperazine rings is 1. The molecule has 35 heavy (non-hydrogen) atoms. The van der Waals surface area contributed by atoms with Gasteiger partial charge in [0.05, 0.1) is 29.3 Å². The van der Waals surface area contributed by atoms with Crippen LogP contribution in [0.2, 0.25) is 0 Å². The summed E-state index contributed by atoms with van der Waals surface area (Å²) in [6, 6.07) is 5.82. The summed E-state index contributed by atoms with van der Waals surface area (Å²) in [5.41, 5.74) is 2.37. The number of rotatable bonds is 11. The average molecular weight is 507 g/mol. The summed E-state index contributed by atoms with van der Waals surface area (Å²) in [5, 5.41) is 20.4. The van der Waals surface area contributed by atoms with Gasteiger partial charge in [-0.05, 0) is 38.3 Å². The Labute approximate surface area is 213 Å². The molecular formula is C26H39ClN4O4. The van der Waals surface area contributed by atoms with Crippen molar-refractivity contribution in [1.82, 2.24) is 14.7 Å². The van der Waals surface area contributed by atoms with E-state index in [2.05, 4.69) is 14.8 Å². The predicted molar refractivity (Wildman–Crippen MR) is 139 cm³/mol. The van der Waals surface area contributed by atoms with Crippen LogP contribution in [0.15, 0.2) is 35.0 Å². The Hall–Kier alpha value is -1.81. The minimum absolute atomic E-state index is 0.172. The van der Waals surface area contributed by atoms with Gasteiger partial charge in [0.15, 0.2) is 6.23 Å². The molecule has 2 N–H and O–H groups in total. The van der Waals surface area contributed by atoms with Crippen molar-refractivity contribution in [3.63, 3.8) is 0 Å². The van der Waals surface area contributed by atoms with E-state index in [0.29, 0.717) is 26.1 Å². The number of ether oxygens (including phenoxy) is 1. The number of methoxy groups -OCH3 is 1. The van der Waals surface area contributed by atoms with Gasteiger partial charge in [0.1, 0.15) is 0 Å². The number of aliphatic hydroxyl groups excluding tert-OH is 1. The number of hydrogen-bond donors (Lipinski definition) is 2. The van der Waals surface area contributed by atoms with Gasteiger partial charge in [-0.25, -0.2) is 0 Å². The van der Waals surface area contributed by atoms with Gasteiger partial charge >= 0.3 is 0 Å². The van der Waals surface area contributed by atoms with E-state index in [1.807, 2.05) is 45.0 Å². The van der Waals surface area contributed by atoms with Crippen molar-refractivity contribution in [3.05, 3.63) is 46.7 Å². The molecule has 8 nitrogen and oxygen atoms in total. The summed E-state index contributed by atoms with van der Waals surface area (Å²) >= 11 is 6.31. The number of allylic oxidation sites excluding steroid dienone is 1. The van der Waals surface area contributed by atoms with E-state index in [4.69, 9.17) is 21.4 Å². The van der Waals surface area contributed by atoms with Crippen molar-refractivity contribution in [1.29, 1.82) is 0 Å². The second kappa shape index (κ2) is 12.0. The standard InChI is InChI=1S/C26H39ClN4O4/c1-20-15-21(26(3,34)18-30-11-9-29(10-12-30)13-14-32)5-6-23(20)24(35-4)31(19-33)16-22-7-8-25(2,27)17-28-22/h5-7,15,17,19,24,32,34H,8-14,16,18H2,1-4H3. The van der Waals surface area contributed by atoms with Crippen molar-refractivity contribution in [2.24, 2.45) is 4.99 Å². The van der Waals surface area contributed by atoms with Crippen LogP contribution in [0, 0.1) is 6.92 Å². The molecule has 0 radical (unpaired) electrons. The highest BCUT2D eigenvalue weighted by Crippen LogP contribution is 2.31. The Morgan fingerprint density at radius 2 is 2.00 bits per heavy atom. The van der Waals surface area contributed by atoms with Crippen molar-refractivity contribution >= 4 is 24.2 Å². The molecule has 1 fully saturated rings. The summed E-state index contributed by atoms with van der Waals surface area (Å²) in [7, 11) is 1.58. The van der Waals surface area contributed by atoms with Crippen molar-refractivity contribution in [3.8, 4) is 0 Å². The normalized spacial score (nSPS) is 24.0. The molecule has 194 valence electrons. The van der Waals surface area contributed by atoms with Gasteiger partial charge in [0.2, 0.25) is 6.41 Å². The predicted octanol–water partition coefficient (Wildman–Crippen LogP) is 2.27. The third-order valence-corrected chi connectivity index (χ3v) is 7.06. The van der Waals surface area contributed by atoms with E-state index >= 15 is 0 Å². The molecule has 2 aliphatic rings. The van der Waals surface area contributed by atoms with Crippen LogP contribution in [-0.2, 0) is 15.1 Å². The molecule has 1 aromatic carbocycles. The van der Waals surface area contributed by atoms with Crippen LogP contribution in [0.5, 0.6) is 0 Å². The lowest BCUT2D eigenvalue weighted by atomic mass is 9.91. The maximum atomic E-state index is 12.0. The first kappa shape index (κ1) is 27.8. The van der Waals surface area contributed by atoms with Crippen molar-refractivity contribution in [2.45, 2.75) is 43.9 Å². The van der Waals surface area contributed by atoms with Crippen molar-refractivity contribution in [2.75, 3.05) is 59.5 Å². The molecule has 2 aliphatic heterocycles. The second-order valence-corrected chi connectivity index (χ2v) is 10.9. The largest absolute Gasteiger partial charge is 0.395 e. The molecule has 0 aromatic heterocycles. The summed E-state index contributed by atoms with van der Waals surface area (Å²) < 4.78 is 5.73. The molecule has 1 saturated heterocycles. The van der Waals surface area contributed by atoms with E-state index < -0.39 is 16.7 Å². The Balaban J connectivity index is 1.69. The Bertz CT molecular complexity index is 926. The number of aryl methyl sites for hydroxylation is 1. The number of nitrogens with zero attached hydrogens (tertiary/aromatic N) is 4. The monoisotopic (exact) mass is 506 g/mol. The SMILES string of the molecule is COC(c1ccc(C(C)(O)CN2CCN(CCO)CC2)cc1C)N(C=O)CC1=CCC(C)(Cl)C=N1. The summed E-state index contributed by atoms with van der Waals surface area (Å²) in [6.07, 6.45) is 4.51. The molecule has 0 spiro atoms. The topological polar surface area (TPSA) is 88.8 Å². The molecule has 1 amide bonds. The van der Waals surface area contributed by atoms with Gasteiger partial charge in [0.25, 0.3) is 0 Å². The first-order chi connectivity index (χ1) is 16.6. The fraction of sp³-hybridized carbons (Fsp3) is 0.615. The molecule has 3 unspecified atom stereocenters. The molecule has 3 atom stereocenters. The summed E-state index contributed by atoms with van der Waals surface area (Å²) in [5.74, 6) is 0. The number of carbonyl (C=O) groups excluding carboxylic acids is 1. The minimum Gasteiger partial charge on any atom is -0.395 e. The van der Waals surface area contributed by atoms with Gasteiger partial charge in [0, 0.05) is 58.2 Å². The molecule has 0 saturated carbocycles. The zero-order chi connectivity index (χ0) is 25.6. The Morgan fingerprint density at radius 1 is 1.31 bits per heavy atom. The minimum atomic E-state index is -1.02. The lowest BCUT2D eigenvalue weighted by Crippen LogP contribution is -2.50. The summed E-state index contributed by atoms with van der Waals surface area (Å²) in [6.45, 7) is 10.9. The summed E-state index contributed by atoms with van der Waals surface area (Å²) in [4.78, 5) is 22.0. The van der Waals surface area contributed by atoms with Crippen LogP contribution in [0.4, 0.5) is 0 Å². The van der Waals surface area contributed by atoms with E-state index in [1.54, 1.807) is 18.2 Å². The van der Waals surface area contributed by atoms with E-state index in [0.717, 1.165) is 55.0 Å². The van der Waals surface area contributed by atoms with Crippen LogP contribution in [0.1, 0.15) is 43.2 Å². The Kier molecular flexibility index (Phi) is 9.48. The highest BCUT2D eigenvalue weighted by Gasteiger charge is 2.30. The highest BCUT2D eigenvalue weighted by molar-refractivity contribution is 6.32. The number of alkyl halides is 1. The quantitative estimate of drug-likeness (QED) is 0.272. The lowest BCUT2D eigenvalue weighted by Gasteiger charge is -2.38.